The van der Waals surface area contributed by atoms with Crippen molar-refractivity contribution in [3.05, 3.63) is 102 Å². The van der Waals surface area contributed by atoms with Gasteiger partial charge in [-0.15, -0.1) is 0 Å². The molecule has 31 heavy (non-hydrogen) atoms. The molecule has 0 saturated carbocycles. The Hall–Kier alpha value is -4.09. The minimum Gasteiger partial charge on any atom is -0.369 e. The van der Waals surface area contributed by atoms with E-state index in [1.54, 1.807) is 0 Å². The second-order valence-electron chi connectivity index (χ2n) is 7.67. The molecule has 1 amide bonds. The summed E-state index contributed by atoms with van der Waals surface area (Å²) in [5, 5.41) is 13.4. The molecule has 2 aromatic heterocycles. The molecular formula is C26H19N3O2. The highest BCUT2D eigenvalue weighted by molar-refractivity contribution is 6.39. The SMILES string of the molecule is O=C1C(c2c[nH]c3ccccc23)=C(c2c[nH]c3ccccc23)C(O)N1c1ccccc1. The first-order valence-corrected chi connectivity index (χ1v) is 10.2. The van der Waals surface area contributed by atoms with Gasteiger partial charge in [0.25, 0.3) is 5.91 Å². The van der Waals surface area contributed by atoms with E-state index in [1.807, 2.05) is 91.3 Å². The zero-order valence-electron chi connectivity index (χ0n) is 16.5. The van der Waals surface area contributed by atoms with E-state index in [1.165, 1.54) is 4.90 Å². The molecule has 6 rings (SSSR count). The maximum Gasteiger partial charge on any atom is 0.261 e. The molecule has 0 saturated heterocycles. The van der Waals surface area contributed by atoms with Crippen LogP contribution < -0.4 is 4.90 Å². The van der Waals surface area contributed by atoms with Gasteiger partial charge in [-0.2, -0.15) is 0 Å². The number of hydrogen-bond acceptors (Lipinski definition) is 2. The summed E-state index contributed by atoms with van der Waals surface area (Å²) in [5.74, 6) is -0.219. The number of benzene rings is 3. The van der Waals surface area contributed by atoms with Crippen LogP contribution in [0.1, 0.15) is 11.1 Å². The van der Waals surface area contributed by atoms with Crippen LogP contribution in [0.5, 0.6) is 0 Å². The summed E-state index contributed by atoms with van der Waals surface area (Å²) < 4.78 is 0. The second kappa shape index (κ2) is 6.72. The number of nitrogens with one attached hydrogen (secondary N) is 2. The van der Waals surface area contributed by atoms with Crippen LogP contribution in [0.2, 0.25) is 0 Å². The Balaban J connectivity index is 1.65. The molecule has 0 fully saturated rings. The molecule has 0 bridgehead atoms. The zero-order valence-corrected chi connectivity index (χ0v) is 16.5. The van der Waals surface area contributed by atoms with Gasteiger partial charge in [0.05, 0.1) is 5.57 Å². The van der Waals surface area contributed by atoms with Crippen LogP contribution in [0.25, 0.3) is 33.0 Å². The molecule has 0 aliphatic carbocycles. The topological polar surface area (TPSA) is 72.1 Å². The average molecular weight is 405 g/mol. The average Bonchev–Trinajstić information content (AvgIpc) is 3.48. The second-order valence-corrected chi connectivity index (χ2v) is 7.67. The van der Waals surface area contributed by atoms with Crippen molar-refractivity contribution < 1.29 is 9.90 Å². The number of nitrogens with zero attached hydrogens (tertiary/aromatic N) is 1. The first-order chi connectivity index (χ1) is 15.2. The predicted octanol–water partition coefficient (Wildman–Crippen LogP) is 4.93. The van der Waals surface area contributed by atoms with Crippen LogP contribution >= 0.6 is 0 Å². The Kier molecular flexibility index (Phi) is 3.85. The van der Waals surface area contributed by atoms with E-state index >= 15 is 0 Å². The van der Waals surface area contributed by atoms with E-state index in [4.69, 9.17) is 0 Å². The lowest BCUT2D eigenvalue weighted by Crippen LogP contribution is -2.35. The highest BCUT2D eigenvalue weighted by Gasteiger charge is 2.41. The lowest BCUT2D eigenvalue weighted by Gasteiger charge is -2.22. The molecule has 0 spiro atoms. The van der Waals surface area contributed by atoms with Crippen LogP contribution in [0.3, 0.4) is 0 Å². The van der Waals surface area contributed by atoms with Crippen molar-refractivity contribution in [3.8, 4) is 0 Å². The van der Waals surface area contributed by atoms with Crippen molar-refractivity contribution >= 4 is 44.5 Å². The number of hydrogen-bond donors (Lipinski definition) is 3. The van der Waals surface area contributed by atoms with Gasteiger partial charge in [-0.3, -0.25) is 9.69 Å². The summed E-state index contributed by atoms with van der Waals surface area (Å²) in [6, 6.07) is 25.1. The van der Waals surface area contributed by atoms with Crippen LogP contribution in [0.4, 0.5) is 5.69 Å². The van der Waals surface area contributed by atoms with Crippen molar-refractivity contribution in [2.24, 2.45) is 0 Å². The van der Waals surface area contributed by atoms with E-state index in [9.17, 15) is 9.90 Å². The Morgan fingerprint density at radius 1 is 0.710 bits per heavy atom. The molecule has 5 aromatic rings. The van der Waals surface area contributed by atoms with Gasteiger partial charge in [0.2, 0.25) is 0 Å². The van der Waals surface area contributed by atoms with Crippen LogP contribution in [0, 0.1) is 0 Å². The Morgan fingerprint density at radius 2 is 1.26 bits per heavy atom. The minimum absolute atomic E-state index is 0.219. The van der Waals surface area contributed by atoms with Gasteiger partial charge < -0.3 is 15.1 Å². The highest BCUT2D eigenvalue weighted by Crippen LogP contribution is 2.44. The number of carbonyl (C=O) groups is 1. The van der Waals surface area contributed by atoms with Gasteiger partial charge >= 0.3 is 0 Å². The number of carbonyl (C=O) groups excluding carboxylic acids is 1. The van der Waals surface area contributed by atoms with E-state index < -0.39 is 6.23 Å². The summed E-state index contributed by atoms with van der Waals surface area (Å²) in [6.45, 7) is 0. The molecule has 5 nitrogen and oxygen atoms in total. The van der Waals surface area contributed by atoms with Crippen LogP contribution in [0.15, 0.2) is 91.3 Å². The Morgan fingerprint density at radius 3 is 1.94 bits per heavy atom. The maximum absolute atomic E-state index is 13.8. The fourth-order valence-electron chi connectivity index (χ4n) is 4.56. The van der Waals surface area contributed by atoms with Gasteiger partial charge in [0.1, 0.15) is 0 Å². The molecule has 5 heteroatoms. The molecule has 1 aliphatic rings. The van der Waals surface area contributed by atoms with E-state index in [-0.39, 0.29) is 5.91 Å². The Bertz CT molecular complexity index is 1480. The van der Waals surface area contributed by atoms with Crippen molar-refractivity contribution in [3.63, 3.8) is 0 Å². The number of aromatic nitrogens is 2. The first kappa shape index (κ1) is 17.7. The molecule has 3 aromatic carbocycles. The number of para-hydroxylation sites is 3. The van der Waals surface area contributed by atoms with E-state index in [2.05, 4.69) is 9.97 Å². The van der Waals surface area contributed by atoms with Gasteiger partial charge in [-0.05, 0) is 24.3 Å². The largest absolute Gasteiger partial charge is 0.369 e. The summed E-state index contributed by atoms with van der Waals surface area (Å²) in [5.41, 5.74) is 5.31. The number of amides is 1. The maximum atomic E-state index is 13.8. The van der Waals surface area contributed by atoms with E-state index in [0.717, 1.165) is 32.9 Å². The predicted molar refractivity (Wildman–Crippen MR) is 123 cm³/mol. The molecule has 1 unspecified atom stereocenters. The van der Waals surface area contributed by atoms with Gasteiger partial charge in [-0.1, -0.05) is 54.6 Å². The smallest absolute Gasteiger partial charge is 0.261 e. The number of rotatable bonds is 3. The number of H-pyrrole nitrogens is 2. The summed E-state index contributed by atoms with van der Waals surface area (Å²) in [4.78, 5) is 21.8. The van der Waals surface area contributed by atoms with Crippen molar-refractivity contribution in [2.45, 2.75) is 6.23 Å². The van der Waals surface area contributed by atoms with E-state index in [0.29, 0.717) is 16.8 Å². The lowest BCUT2D eigenvalue weighted by atomic mass is 9.95. The van der Waals surface area contributed by atoms with Gasteiger partial charge in [-0.25, -0.2) is 0 Å². The minimum atomic E-state index is -1.10. The molecule has 150 valence electrons. The number of aliphatic hydroxyl groups is 1. The molecular weight excluding hydrogens is 386 g/mol. The zero-order chi connectivity index (χ0) is 20.9. The summed E-state index contributed by atoms with van der Waals surface area (Å²) in [7, 11) is 0. The molecule has 1 aliphatic heterocycles. The third kappa shape index (κ3) is 2.57. The summed E-state index contributed by atoms with van der Waals surface area (Å²) in [6.07, 6.45) is 2.63. The van der Waals surface area contributed by atoms with Crippen molar-refractivity contribution in [2.75, 3.05) is 4.90 Å². The third-order valence-electron chi connectivity index (χ3n) is 5.98. The number of anilines is 1. The quantitative estimate of drug-likeness (QED) is 0.398. The molecule has 3 N–H and O–H groups in total. The first-order valence-electron chi connectivity index (χ1n) is 10.2. The van der Waals surface area contributed by atoms with Crippen molar-refractivity contribution in [1.82, 2.24) is 9.97 Å². The third-order valence-corrected chi connectivity index (χ3v) is 5.98. The van der Waals surface area contributed by atoms with Crippen LogP contribution in [-0.2, 0) is 4.79 Å². The van der Waals surface area contributed by atoms with Crippen LogP contribution in [-0.4, -0.2) is 27.2 Å². The normalized spacial score (nSPS) is 16.7. The Labute approximate surface area is 178 Å². The fourth-order valence-corrected chi connectivity index (χ4v) is 4.56. The lowest BCUT2D eigenvalue weighted by molar-refractivity contribution is -0.113. The summed E-state index contributed by atoms with van der Waals surface area (Å²) >= 11 is 0. The van der Waals surface area contributed by atoms with Crippen molar-refractivity contribution in [1.29, 1.82) is 0 Å². The fraction of sp³-hybridized carbons (Fsp3) is 0.0385. The molecule has 0 radical (unpaired) electrons. The number of aromatic amines is 2. The number of fused-ring (bicyclic) bond motifs is 2. The highest BCUT2D eigenvalue weighted by atomic mass is 16.3. The number of aliphatic hydroxyl groups excluding tert-OH is 1. The van der Waals surface area contributed by atoms with Gasteiger partial charge in [0, 0.05) is 56.6 Å². The monoisotopic (exact) mass is 405 g/mol. The standard InChI is InChI=1S/C26H19N3O2/c30-25-23(19-14-27-21-12-6-4-10-17(19)21)24(20-15-28-22-13-7-5-11-18(20)22)26(31)29(25)16-8-2-1-3-9-16/h1-15,25,27-28,30H. The molecule has 3 heterocycles. The molecule has 1 atom stereocenters. The van der Waals surface area contributed by atoms with Gasteiger partial charge in [0.15, 0.2) is 6.23 Å².